The van der Waals surface area contributed by atoms with E-state index >= 15 is 0 Å². The standard InChI is InChI=1S/C16H18N2O3/c1-10(2)16-5-4-14(6-11(16)3)21-15-8-12(17)7-13(9-15)18(19)20/h4-10H,17H2,1-3H3. The van der Waals surface area contributed by atoms with Gasteiger partial charge in [-0.15, -0.1) is 0 Å². The molecular formula is C16H18N2O3. The number of non-ortho nitro benzene ring substituents is 1. The smallest absolute Gasteiger partial charge is 0.275 e. The van der Waals surface area contributed by atoms with Crippen LogP contribution in [0, 0.1) is 17.0 Å². The molecule has 0 fully saturated rings. The first-order valence-electron chi connectivity index (χ1n) is 6.70. The lowest BCUT2D eigenvalue weighted by Crippen LogP contribution is -1.95. The van der Waals surface area contributed by atoms with Crippen molar-refractivity contribution in [3.8, 4) is 11.5 Å². The molecule has 5 heteroatoms. The molecule has 0 unspecified atom stereocenters. The van der Waals surface area contributed by atoms with Crippen LogP contribution in [0.1, 0.15) is 30.9 Å². The van der Waals surface area contributed by atoms with Crippen molar-refractivity contribution >= 4 is 11.4 Å². The first-order chi connectivity index (χ1) is 9.86. The van der Waals surface area contributed by atoms with Gasteiger partial charge in [-0.3, -0.25) is 10.1 Å². The van der Waals surface area contributed by atoms with Crippen LogP contribution >= 0.6 is 0 Å². The molecule has 0 saturated carbocycles. The second-order valence-electron chi connectivity index (χ2n) is 5.29. The fourth-order valence-electron chi connectivity index (χ4n) is 2.27. The zero-order chi connectivity index (χ0) is 15.6. The van der Waals surface area contributed by atoms with E-state index in [1.165, 1.54) is 17.7 Å². The number of hydrogen-bond acceptors (Lipinski definition) is 4. The van der Waals surface area contributed by atoms with E-state index in [4.69, 9.17) is 10.5 Å². The number of nitrogens with two attached hydrogens (primary N) is 1. The van der Waals surface area contributed by atoms with Gasteiger partial charge in [0.1, 0.15) is 11.5 Å². The number of hydrogen-bond donors (Lipinski definition) is 1. The molecule has 21 heavy (non-hydrogen) atoms. The average Bonchev–Trinajstić information content (AvgIpc) is 2.37. The second-order valence-corrected chi connectivity index (χ2v) is 5.29. The van der Waals surface area contributed by atoms with Gasteiger partial charge in [0.25, 0.3) is 5.69 Å². The number of ether oxygens (including phenoxy) is 1. The van der Waals surface area contributed by atoms with Crippen molar-refractivity contribution < 1.29 is 9.66 Å². The molecule has 0 radical (unpaired) electrons. The van der Waals surface area contributed by atoms with Crippen LogP contribution < -0.4 is 10.5 Å². The van der Waals surface area contributed by atoms with Crippen molar-refractivity contribution in [3.05, 3.63) is 57.6 Å². The average molecular weight is 286 g/mol. The highest BCUT2D eigenvalue weighted by molar-refractivity contribution is 5.54. The number of nitrogens with zero attached hydrogens (tertiary/aromatic N) is 1. The van der Waals surface area contributed by atoms with Crippen LogP contribution in [-0.2, 0) is 0 Å². The number of nitro groups is 1. The number of rotatable bonds is 4. The van der Waals surface area contributed by atoms with Crippen molar-refractivity contribution in [2.45, 2.75) is 26.7 Å². The third-order valence-electron chi connectivity index (χ3n) is 3.22. The Hall–Kier alpha value is -2.56. The first-order valence-corrected chi connectivity index (χ1v) is 6.70. The number of nitrogen functional groups attached to an aromatic ring is 1. The van der Waals surface area contributed by atoms with Gasteiger partial charge in [0.15, 0.2) is 0 Å². The lowest BCUT2D eigenvalue weighted by Gasteiger charge is -2.12. The topological polar surface area (TPSA) is 78.4 Å². The Labute approximate surface area is 123 Å². The third kappa shape index (κ3) is 3.51. The van der Waals surface area contributed by atoms with Gasteiger partial charge in [-0.1, -0.05) is 19.9 Å². The van der Waals surface area contributed by atoms with Crippen molar-refractivity contribution in [2.75, 3.05) is 5.73 Å². The molecule has 2 rings (SSSR count). The van der Waals surface area contributed by atoms with E-state index in [1.54, 1.807) is 6.07 Å². The Kier molecular flexibility index (Phi) is 4.12. The number of anilines is 1. The van der Waals surface area contributed by atoms with Gasteiger partial charge in [-0.05, 0) is 36.1 Å². The van der Waals surface area contributed by atoms with Gasteiger partial charge in [0.2, 0.25) is 0 Å². The zero-order valence-corrected chi connectivity index (χ0v) is 12.3. The van der Waals surface area contributed by atoms with Gasteiger partial charge in [0, 0.05) is 17.8 Å². The molecule has 2 aromatic carbocycles. The van der Waals surface area contributed by atoms with E-state index in [0.29, 0.717) is 23.1 Å². The lowest BCUT2D eigenvalue weighted by atomic mass is 9.98. The summed E-state index contributed by atoms with van der Waals surface area (Å²) in [6.07, 6.45) is 0. The van der Waals surface area contributed by atoms with Crippen molar-refractivity contribution in [1.29, 1.82) is 0 Å². The molecule has 0 saturated heterocycles. The predicted molar refractivity (Wildman–Crippen MR) is 82.9 cm³/mol. The molecule has 0 spiro atoms. The van der Waals surface area contributed by atoms with Gasteiger partial charge in [0.05, 0.1) is 11.0 Å². The maximum atomic E-state index is 10.8. The molecule has 0 aliphatic rings. The van der Waals surface area contributed by atoms with E-state index in [2.05, 4.69) is 13.8 Å². The Bertz CT molecular complexity index is 681. The van der Waals surface area contributed by atoms with Crippen LogP contribution in [0.3, 0.4) is 0 Å². The quantitative estimate of drug-likeness (QED) is 0.513. The highest BCUT2D eigenvalue weighted by atomic mass is 16.6. The van der Waals surface area contributed by atoms with Gasteiger partial charge in [-0.25, -0.2) is 0 Å². The van der Waals surface area contributed by atoms with Crippen molar-refractivity contribution in [2.24, 2.45) is 0 Å². The first kappa shape index (κ1) is 14.8. The number of aryl methyl sites for hydroxylation is 1. The van der Waals surface area contributed by atoms with Gasteiger partial charge in [-0.2, -0.15) is 0 Å². The summed E-state index contributed by atoms with van der Waals surface area (Å²) >= 11 is 0. The maximum absolute atomic E-state index is 10.8. The van der Waals surface area contributed by atoms with E-state index in [9.17, 15) is 10.1 Å². The van der Waals surface area contributed by atoms with Gasteiger partial charge >= 0.3 is 0 Å². The lowest BCUT2D eigenvalue weighted by molar-refractivity contribution is -0.384. The van der Waals surface area contributed by atoms with Gasteiger partial charge < -0.3 is 10.5 Å². The minimum absolute atomic E-state index is 0.0828. The largest absolute Gasteiger partial charge is 0.457 e. The molecule has 0 aromatic heterocycles. The van der Waals surface area contributed by atoms with Crippen LogP contribution in [0.5, 0.6) is 11.5 Å². The van der Waals surface area contributed by atoms with Crippen LogP contribution in [0.25, 0.3) is 0 Å². The molecule has 110 valence electrons. The molecule has 0 bridgehead atoms. The molecule has 0 aliphatic carbocycles. The Morgan fingerprint density at radius 2 is 1.86 bits per heavy atom. The van der Waals surface area contributed by atoms with Crippen LogP contribution in [-0.4, -0.2) is 4.92 Å². The highest BCUT2D eigenvalue weighted by Crippen LogP contribution is 2.30. The zero-order valence-electron chi connectivity index (χ0n) is 12.3. The molecule has 2 aromatic rings. The summed E-state index contributed by atoms with van der Waals surface area (Å²) < 4.78 is 5.68. The normalized spacial score (nSPS) is 10.7. The fraction of sp³-hybridized carbons (Fsp3) is 0.250. The summed E-state index contributed by atoms with van der Waals surface area (Å²) in [5, 5.41) is 10.8. The minimum atomic E-state index is -0.490. The monoisotopic (exact) mass is 286 g/mol. The highest BCUT2D eigenvalue weighted by Gasteiger charge is 2.11. The molecule has 0 heterocycles. The molecule has 0 amide bonds. The summed E-state index contributed by atoms with van der Waals surface area (Å²) in [6.45, 7) is 6.28. The van der Waals surface area contributed by atoms with Crippen LogP contribution in [0.15, 0.2) is 36.4 Å². The second kappa shape index (κ2) is 5.83. The van der Waals surface area contributed by atoms with Crippen molar-refractivity contribution in [3.63, 3.8) is 0 Å². The summed E-state index contributed by atoms with van der Waals surface area (Å²) in [5.74, 6) is 1.43. The minimum Gasteiger partial charge on any atom is -0.457 e. The summed E-state index contributed by atoms with van der Waals surface area (Å²) in [6, 6.07) is 10.0. The van der Waals surface area contributed by atoms with E-state index in [0.717, 1.165) is 5.56 Å². The van der Waals surface area contributed by atoms with E-state index in [1.807, 2.05) is 25.1 Å². The SMILES string of the molecule is Cc1cc(Oc2cc(N)cc([N+](=O)[O-])c2)ccc1C(C)C. The summed E-state index contributed by atoms with van der Waals surface area (Å²) in [4.78, 5) is 10.3. The van der Waals surface area contributed by atoms with Crippen LogP contribution in [0.4, 0.5) is 11.4 Å². The summed E-state index contributed by atoms with van der Waals surface area (Å²) in [7, 11) is 0. The molecule has 2 N–H and O–H groups in total. The molecule has 0 atom stereocenters. The number of benzene rings is 2. The predicted octanol–water partition coefficient (Wildman–Crippen LogP) is 4.40. The van der Waals surface area contributed by atoms with Crippen molar-refractivity contribution in [1.82, 2.24) is 0 Å². The Morgan fingerprint density at radius 3 is 2.43 bits per heavy atom. The van der Waals surface area contributed by atoms with Crippen LogP contribution in [0.2, 0.25) is 0 Å². The fourth-order valence-corrected chi connectivity index (χ4v) is 2.27. The number of nitro benzene ring substituents is 1. The summed E-state index contributed by atoms with van der Waals surface area (Å²) in [5.41, 5.74) is 8.25. The third-order valence-corrected chi connectivity index (χ3v) is 3.22. The maximum Gasteiger partial charge on any atom is 0.275 e. The molecule has 5 nitrogen and oxygen atoms in total. The molecule has 0 aliphatic heterocycles. The van der Waals surface area contributed by atoms with E-state index in [-0.39, 0.29) is 5.69 Å². The Balaban J connectivity index is 2.30. The molecular weight excluding hydrogens is 268 g/mol. The van der Waals surface area contributed by atoms with E-state index < -0.39 is 4.92 Å². The Morgan fingerprint density at radius 1 is 1.14 bits per heavy atom.